The van der Waals surface area contributed by atoms with E-state index in [1.807, 2.05) is 0 Å². The van der Waals surface area contributed by atoms with Gasteiger partial charge < -0.3 is 15.8 Å². The lowest BCUT2D eigenvalue weighted by atomic mass is 10.1. The number of hydrogen-bond acceptors (Lipinski definition) is 3. The topological polar surface area (TPSA) is 64.3 Å². The first-order valence-electron chi connectivity index (χ1n) is 6.49. The molecule has 1 aromatic rings. The lowest BCUT2D eigenvalue weighted by Crippen LogP contribution is -2.37. The average molecular weight is 266 g/mol. The number of ether oxygens (including phenoxy) is 1. The van der Waals surface area contributed by atoms with Gasteiger partial charge in [-0.15, -0.1) is 0 Å². The first-order valence-corrected chi connectivity index (χ1v) is 6.49. The second kappa shape index (κ2) is 5.57. The molecule has 1 aliphatic rings. The van der Waals surface area contributed by atoms with Gasteiger partial charge in [-0.1, -0.05) is 0 Å². The van der Waals surface area contributed by atoms with E-state index in [-0.39, 0.29) is 17.8 Å². The minimum Gasteiger partial charge on any atom is -0.481 e. The Hall–Kier alpha value is -1.62. The average Bonchev–Trinajstić information content (AvgIpc) is 3.14. The van der Waals surface area contributed by atoms with E-state index >= 15 is 0 Å². The van der Waals surface area contributed by atoms with Crippen molar-refractivity contribution in [2.45, 2.75) is 44.9 Å². The molecular weight excluding hydrogens is 247 g/mol. The van der Waals surface area contributed by atoms with Gasteiger partial charge in [0.2, 0.25) is 0 Å². The van der Waals surface area contributed by atoms with Crippen LogP contribution in [0.25, 0.3) is 0 Å². The largest absolute Gasteiger partial charge is 0.481 e. The number of nitrogens with two attached hydrogens (primary N) is 1. The molecule has 5 heteroatoms. The molecular formula is C14H19FN2O2. The molecule has 0 bridgehead atoms. The lowest BCUT2D eigenvalue weighted by molar-refractivity contribution is -0.127. The van der Waals surface area contributed by atoms with Gasteiger partial charge in [0.1, 0.15) is 11.6 Å². The summed E-state index contributed by atoms with van der Waals surface area (Å²) < 4.78 is 18.8. The highest BCUT2D eigenvalue weighted by Crippen LogP contribution is 2.26. The Morgan fingerprint density at radius 1 is 1.47 bits per heavy atom. The van der Waals surface area contributed by atoms with E-state index in [2.05, 4.69) is 5.32 Å². The second-order valence-electron chi connectivity index (χ2n) is 5.01. The summed E-state index contributed by atoms with van der Waals surface area (Å²) in [6, 6.07) is 4.08. The molecule has 104 valence electrons. The third-order valence-electron chi connectivity index (χ3n) is 3.06. The number of benzene rings is 1. The Kier molecular flexibility index (Phi) is 4.04. The van der Waals surface area contributed by atoms with Crippen LogP contribution in [0.2, 0.25) is 0 Å². The van der Waals surface area contributed by atoms with E-state index in [9.17, 15) is 9.18 Å². The highest BCUT2D eigenvalue weighted by Gasteiger charge is 2.26. The van der Waals surface area contributed by atoms with Gasteiger partial charge in [0.25, 0.3) is 5.91 Å². The smallest absolute Gasteiger partial charge is 0.260 e. The Morgan fingerprint density at radius 2 is 2.16 bits per heavy atom. The van der Waals surface area contributed by atoms with Crippen LogP contribution in [0.1, 0.15) is 38.3 Å². The molecule has 0 heterocycles. The number of hydrogen-bond donors (Lipinski definition) is 2. The molecule has 0 spiro atoms. The predicted octanol–water partition coefficient (Wildman–Crippen LogP) is 1.89. The molecule has 1 aromatic carbocycles. The fourth-order valence-electron chi connectivity index (χ4n) is 1.77. The molecule has 1 amide bonds. The van der Waals surface area contributed by atoms with E-state index in [0.717, 1.165) is 12.8 Å². The van der Waals surface area contributed by atoms with Crippen molar-refractivity contribution in [3.63, 3.8) is 0 Å². The number of carbonyl (C=O) groups is 1. The van der Waals surface area contributed by atoms with Crippen LogP contribution in [0, 0.1) is 5.82 Å². The SMILES string of the molecule is CC(Oc1ccc(F)cc1[C@@H](C)N)C(=O)NC1CC1. The van der Waals surface area contributed by atoms with E-state index in [4.69, 9.17) is 10.5 Å². The normalized spacial score (nSPS) is 17.7. The number of amides is 1. The molecule has 4 nitrogen and oxygen atoms in total. The Bertz CT molecular complexity index is 473. The van der Waals surface area contributed by atoms with Crippen LogP contribution in [0.15, 0.2) is 18.2 Å². The van der Waals surface area contributed by atoms with Crippen LogP contribution in [0.3, 0.4) is 0 Å². The molecule has 19 heavy (non-hydrogen) atoms. The van der Waals surface area contributed by atoms with Crippen LogP contribution in [0.5, 0.6) is 5.75 Å². The van der Waals surface area contributed by atoms with Crippen LogP contribution in [0.4, 0.5) is 4.39 Å². The molecule has 3 N–H and O–H groups in total. The van der Waals surface area contributed by atoms with Crippen molar-refractivity contribution < 1.29 is 13.9 Å². The summed E-state index contributed by atoms with van der Waals surface area (Å²) in [5, 5.41) is 2.86. The molecule has 0 aliphatic heterocycles. The summed E-state index contributed by atoms with van der Waals surface area (Å²) in [7, 11) is 0. The molecule has 1 unspecified atom stereocenters. The van der Waals surface area contributed by atoms with E-state index in [1.54, 1.807) is 13.8 Å². The molecule has 2 rings (SSSR count). The summed E-state index contributed by atoms with van der Waals surface area (Å²) >= 11 is 0. The van der Waals surface area contributed by atoms with Crippen LogP contribution in [-0.2, 0) is 4.79 Å². The molecule has 0 radical (unpaired) electrons. The molecule has 1 saturated carbocycles. The van der Waals surface area contributed by atoms with Gasteiger partial charge in [-0.3, -0.25) is 4.79 Å². The van der Waals surface area contributed by atoms with Gasteiger partial charge in [-0.05, 0) is 44.9 Å². The van der Waals surface area contributed by atoms with Gasteiger partial charge in [-0.2, -0.15) is 0 Å². The van der Waals surface area contributed by atoms with E-state index < -0.39 is 6.10 Å². The number of carbonyl (C=O) groups excluding carboxylic acids is 1. The molecule has 2 atom stereocenters. The summed E-state index contributed by atoms with van der Waals surface area (Å²) in [5.41, 5.74) is 6.34. The fraction of sp³-hybridized carbons (Fsp3) is 0.500. The zero-order valence-electron chi connectivity index (χ0n) is 11.2. The van der Waals surface area contributed by atoms with Gasteiger partial charge in [-0.25, -0.2) is 4.39 Å². The molecule has 1 aliphatic carbocycles. The number of rotatable bonds is 5. The van der Waals surface area contributed by atoms with Gasteiger partial charge in [0.15, 0.2) is 6.10 Å². The van der Waals surface area contributed by atoms with Crippen molar-refractivity contribution in [3.05, 3.63) is 29.6 Å². The van der Waals surface area contributed by atoms with Crippen molar-refractivity contribution in [3.8, 4) is 5.75 Å². The van der Waals surface area contributed by atoms with E-state index in [0.29, 0.717) is 17.4 Å². The van der Waals surface area contributed by atoms with E-state index in [1.165, 1.54) is 18.2 Å². The Morgan fingerprint density at radius 3 is 2.74 bits per heavy atom. The minimum atomic E-state index is -0.622. The molecule has 1 fully saturated rings. The summed E-state index contributed by atoms with van der Waals surface area (Å²) in [6.45, 7) is 3.42. The standard InChI is InChI=1S/C14H19FN2O2/c1-8(16)12-7-10(15)3-6-13(12)19-9(2)14(18)17-11-4-5-11/h3,6-9,11H,4-5,16H2,1-2H3,(H,17,18)/t8-,9?/m1/s1. The zero-order chi connectivity index (χ0) is 14.0. The van der Waals surface area contributed by atoms with Crippen molar-refractivity contribution in [2.24, 2.45) is 5.73 Å². The Labute approximate surface area is 112 Å². The highest BCUT2D eigenvalue weighted by molar-refractivity contribution is 5.81. The van der Waals surface area contributed by atoms with Crippen LogP contribution >= 0.6 is 0 Å². The van der Waals surface area contributed by atoms with Crippen molar-refractivity contribution >= 4 is 5.91 Å². The maximum Gasteiger partial charge on any atom is 0.260 e. The Balaban J connectivity index is 2.06. The second-order valence-corrected chi connectivity index (χ2v) is 5.01. The summed E-state index contributed by atoms with van der Waals surface area (Å²) in [6.07, 6.45) is 1.43. The van der Waals surface area contributed by atoms with Crippen LogP contribution in [-0.4, -0.2) is 18.1 Å². The monoisotopic (exact) mass is 266 g/mol. The van der Waals surface area contributed by atoms with Crippen molar-refractivity contribution in [1.29, 1.82) is 0 Å². The maximum absolute atomic E-state index is 13.2. The first kappa shape index (κ1) is 13.8. The lowest BCUT2D eigenvalue weighted by Gasteiger charge is -2.18. The first-order chi connectivity index (χ1) is 8.97. The number of halogens is 1. The predicted molar refractivity (Wildman–Crippen MR) is 70.3 cm³/mol. The summed E-state index contributed by atoms with van der Waals surface area (Å²) in [4.78, 5) is 11.8. The zero-order valence-corrected chi connectivity index (χ0v) is 11.2. The molecule has 0 aromatic heterocycles. The van der Waals surface area contributed by atoms with Crippen molar-refractivity contribution in [2.75, 3.05) is 0 Å². The van der Waals surface area contributed by atoms with Gasteiger partial charge in [0.05, 0.1) is 0 Å². The third kappa shape index (κ3) is 3.67. The number of nitrogens with one attached hydrogen (secondary N) is 1. The third-order valence-corrected chi connectivity index (χ3v) is 3.06. The molecule has 0 saturated heterocycles. The maximum atomic E-state index is 13.2. The highest BCUT2D eigenvalue weighted by atomic mass is 19.1. The van der Waals surface area contributed by atoms with Gasteiger partial charge in [0, 0.05) is 17.6 Å². The van der Waals surface area contributed by atoms with Crippen LogP contribution < -0.4 is 15.8 Å². The van der Waals surface area contributed by atoms with Gasteiger partial charge >= 0.3 is 0 Å². The van der Waals surface area contributed by atoms with Crippen molar-refractivity contribution in [1.82, 2.24) is 5.32 Å². The fourth-order valence-corrected chi connectivity index (χ4v) is 1.77. The quantitative estimate of drug-likeness (QED) is 0.855. The summed E-state index contributed by atoms with van der Waals surface area (Å²) in [5.74, 6) is -0.0629. The minimum absolute atomic E-state index is 0.151.